The summed E-state index contributed by atoms with van der Waals surface area (Å²) in [7, 11) is 0. The van der Waals surface area contributed by atoms with Gasteiger partial charge in [-0.2, -0.15) is 0 Å². The molecule has 2 fully saturated rings. The van der Waals surface area contributed by atoms with Gasteiger partial charge in [-0.15, -0.1) is 0 Å². The zero-order valence-electron chi connectivity index (χ0n) is 6.66. The highest BCUT2D eigenvalue weighted by Crippen LogP contribution is 2.35. The van der Waals surface area contributed by atoms with Crippen LogP contribution in [-0.2, 0) is 4.79 Å². The molecule has 0 spiro atoms. The predicted molar refractivity (Wildman–Crippen MR) is 39.7 cm³/mol. The minimum absolute atomic E-state index is 0.132. The van der Waals surface area contributed by atoms with Gasteiger partial charge >= 0.3 is 0 Å². The zero-order chi connectivity index (χ0) is 8.01. The van der Waals surface area contributed by atoms with E-state index in [1.165, 1.54) is 0 Å². The lowest BCUT2D eigenvalue weighted by atomic mass is 10.0. The van der Waals surface area contributed by atoms with Crippen LogP contribution in [0.2, 0.25) is 0 Å². The summed E-state index contributed by atoms with van der Waals surface area (Å²) in [5.74, 6) is 0.576. The van der Waals surface area contributed by atoms with Crippen molar-refractivity contribution in [1.82, 2.24) is 4.90 Å². The van der Waals surface area contributed by atoms with E-state index in [1.54, 1.807) is 4.90 Å². The molecule has 0 bridgehead atoms. The van der Waals surface area contributed by atoms with Crippen molar-refractivity contribution < 1.29 is 9.90 Å². The van der Waals surface area contributed by atoms with Crippen molar-refractivity contribution in [2.45, 2.75) is 38.5 Å². The average molecular weight is 155 g/mol. The summed E-state index contributed by atoms with van der Waals surface area (Å²) in [6.45, 7) is 2.08. The first-order valence-corrected chi connectivity index (χ1v) is 4.19. The van der Waals surface area contributed by atoms with Gasteiger partial charge in [0.1, 0.15) is 6.23 Å². The van der Waals surface area contributed by atoms with Crippen molar-refractivity contribution in [2.24, 2.45) is 5.92 Å². The summed E-state index contributed by atoms with van der Waals surface area (Å²) in [6, 6.07) is 0.331. The number of amides is 1. The maximum absolute atomic E-state index is 11.2. The molecular formula is C8H13NO2. The van der Waals surface area contributed by atoms with Crippen LogP contribution in [0.3, 0.4) is 0 Å². The van der Waals surface area contributed by atoms with Gasteiger partial charge in [-0.1, -0.05) is 6.92 Å². The second kappa shape index (κ2) is 2.21. The van der Waals surface area contributed by atoms with E-state index in [4.69, 9.17) is 0 Å². The molecule has 0 aromatic carbocycles. The van der Waals surface area contributed by atoms with Crippen molar-refractivity contribution in [1.29, 1.82) is 0 Å². The Morgan fingerprint density at radius 3 is 2.91 bits per heavy atom. The average Bonchev–Trinajstić information content (AvgIpc) is 2.41. The SMILES string of the molecule is C[C@@H]1CC(=O)N2C(O)CC[C@@H]12. The number of aliphatic hydroxyl groups excluding tert-OH is 1. The van der Waals surface area contributed by atoms with Gasteiger partial charge in [0.05, 0.1) is 0 Å². The number of hydrogen-bond donors (Lipinski definition) is 1. The van der Waals surface area contributed by atoms with Crippen LogP contribution in [0.5, 0.6) is 0 Å². The summed E-state index contributed by atoms with van der Waals surface area (Å²) >= 11 is 0. The highest BCUT2D eigenvalue weighted by Gasteiger charge is 2.44. The summed E-state index contributed by atoms with van der Waals surface area (Å²) < 4.78 is 0. The predicted octanol–water partition coefficient (Wildman–Crippen LogP) is 0.336. The first-order valence-electron chi connectivity index (χ1n) is 4.19. The van der Waals surface area contributed by atoms with Crippen LogP contribution in [-0.4, -0.2) is 28.2 Å². The molecule has 2 heterocycles. The van der Waals surface area contributed by atoms with Crippen LogP contribution in [0.1, 0.15) is 26.2 Å². The van der Waals surface area contributed by atoms with Gasteiger partial charge in [0.15, 0.2) is 0 Å². The summed E-state index contributed by atoms with van der Waals surface area (Å²) in [5, 5.41) is 9.39. The molecule has 0 aromatic rings. The summed E-state index contributed by atoms with van der Waals surface area (Å²) in [6.07, 6.45) is 1.88. The Bertz CT molecular complexity index is 193. The lowest BCUT2D eigenvalue weighted by Crippen LogP contribution is -2.35. The molecule has 0 saturated carbocycles. The molecule has 3 heteroatoms. The second-order valence-corrected chi connectivity index (χ2v) is 3.61. The summed E-state index contributed by atoms with van der Waals surface area (Å²) in [4.78, 5) is 12.9. The Kier molecular flexibility index (Phi) is 1.42. The number of rotatable bonds is 0. The van der Waals surface area contributed by atoms with Gasteiger partial charge < -0.3 is 10.0 Å². The van der Waals surface area contributed by atoms with E-state index in [0.717, 1.165) is 12.8 Å². The third-order valence-corrected chi connectivity index (χ3v) is 2.84. The topological polar surface area (TPSA) is 40.5 Å². The van der Waals surface area contributed by atoms with Gasteiger partial charge in [-0.3, -0.25) is 4.79 Å². The Labute approximate surface area is 66.0 Å². The fourth-order valence-electron chi connectivity index (χ4n) is 2.25. The van der Waals surface area contributed by atoms with Crippen molar-refractivity contribution in [3.8, 4) is 0 Å². The molecule has 2 rings (SSSR count). The Morgan fingerprint density at radius 2 is 2.27 bits per heavy atom. The van der Waals surface area contributed by atoms with Crippen LogP contribution in [0.25, 0.3) is 0 Å². The largest absolute Gasteiger partial charge is 0.374 e. The van der Waals surface area contributed by atoms with Gasteiger partial charge in [-0.25, -0.2) is 0 Å². The van der Waals surface area contributed by atoms with E-state index in [0.29, 0.717) is 18.4 Å². The molecule has 3 nitrogen and oxygen atoms in total. The molecule has 1 amide bonds. The molecule has 0 radical (unpaired) electrons. The highest BCUT2D eigenvalue weighted by atomic mass is 16.3. The zero-order valence-corrected chi connectivity index (χ0v) is 6.66. The maximum Gasteiger partial charge on any atom is 0.225 e. The third kappa shape index (κ3) is 0.872. The van der Waals surface area contributed by atoms with Crippen molar-refractivity contribution >= 4 is 5.91 Å². The highest BCUT2D eigenvalue weighted by molar-refractivity contribution is 5.79. The number of fused-ring (bicyclic) bond motifs is 1. The second-order valence-electron chi connectivity index (χ2n) is 3.61. The lowest BCUT2D eigenvalue weighted by molar-refractivity contribution is -0.135. The van der Waals surface area contributed by atoms with Crippen LogP contribution < -0.4 is 0 Å². The molecule has 0 aromatic heterocycles. The normalized spacial score (nSPS) is 43.3. The number of aliphatic hydroxyl groups is 1. The quantitative estimate of drug-likeness (QED) is 0.548. The van der Waals surface area contributed by atoms with Crippen LogP contribution in [0, 0.1) is 5.92 Å². The van der Waals surface area contributed by atoms with E-state index < -0.39 is 6.23 Å². The van der Waals surface area contributed by atoms with Crippen molar-refractivity contribution in [2.75, 3.05) is 0 Å². The Morgan fingerprint density at radius 1 is 1.55 bits per heavy atom. The van der Waals surface area contributed by atoms with Gasteiger partial charge in [0, 0.05) is 12.5 Å². The van der Waals surface area contributed by atoms with E-state index in [-0.39, 0.29) is 5.91 Å². The van der Waals surface area contributed by atoms with E-state index in [9.17, 15) is 9.90 Å². The minimum Gasteiger partial charge on any atom is -0.374 e. The van der Waals surface area contributed by atoms with Gasteiger partial charge in [0.25, 0.3) is 0 Å². The summed E-state index contributed by atoms with van der Waals surface area (Å²) in [5.41, 5.74) is 0. The molecular weight excluding hydrogens is 142 g/mol. The third-order valence-electron chi connectivity index (χ3n) is 2.84. The Balaban J connectivity index is 2.22. The standard InChI is InChI=1S/C8H13NO2/c1-5-4-8(11)9-6(5)2-3-7(9)10/h5-7,10H,2-4H2,1H3/t5-,6+,7?/m1/s1. The molecule has 1 N–H and O–H groups in total. The molecule has 62 valence electrons. The number of hydrogen-bond acceptors (Lipinski definition) is 2. The Hall–Kier alpha value is -0.570. The molecule has 2 saturated heterocycles. The van der Waals surface area contributed by atoms with Crippen molar-refractivity contribution in [3.63, 3.8) is 0 Å². The first kappa shape index (κ1) is 7.10. The fraction of sp³-hybridized carbons (Fsp3) is 0.875. The van der Waals surface area contributed by atoms with Crippen molar-refractivity contribution in [3.05, 3.63) is 0 Å². The lowest BCUT2D eigenvalue weighted by Gasteiger charge is -2.20. The van der Waals surface area contributed by atoms with E-state index >= 15 is 0 Å². The number of carbonyl (C=O) groups is 1. The van der Waals surface area contributed by atoms with Crippen LogP contribution in [0.4, 0.5) is 0 Å². The van der Waals surface area contributed by atoms with Gasteiger partial charge in [0.2, 0.25) is 5.91 Å². The molecule has 2 aliphatic rings. The smallest absolute Gasteiger partial charge is 0.225 e. The number of nitrogens with zero attached hydrogens (tertiary/aromatic N) is 1. The molecule has 2 aliphatic heterocycles. The molecule has 11 heavy (non-hydrogen) atoms. The first-order chi connectivity index (χ1) is 5.20. The number of carbonyl (C=O) groups excluding carboxylic acids is 1. The monoisotopic (exact) mass is 155 g/mol. The molecule has 0 aliphatic carbocycles. The maximum atomic E-state index is 11.2. The fourth-order valence-corrected chi connectivity index (χ4v) is 2.25. The van der Waals surface area contributed by atoms with Gasteiger partial charge in [-0.05, 0) is 18.8 Å². The molecule has 1 unspecified atom stereocenters. The van der Waals surface area contributed by atoms with Crippen LogP contribution >= 0.6 is 0 Å². The van der Waals surface area contributed by atoms with Crippen LogP contribution in [0.15, 0.2) is 0 Å². The van der Waals surface area contributed by atoms with E-state index in [2.05, 4.69) is 6.92 Å². The van der Waals surface area contributed by atoms with E-state index in [1.807, 2.05) is 0 Å². The molecule has 3 atom stereocenters. The minimum atomic E-state index is -0.488.